The topological polar surface area (TPSA) is 81.7 Å². The van der Waals surface area contributed by atoms with Gasteiger partial charge in [0.15, 0.2) is 0 Å². The van der Waals surface area contributed by atoms with Gasteiger partial charge in [0.1, 0.15) is 17.3 Å². The maximum Gasteiger partial charge on any atom is 0.338 e. The molecule has 6 nitrogen and oxygen atoms in total. The Morgan fingerprint density at radius 3 is 2.65 bits per heavy atom. The molecular weight excluding hydrogens is 378 g/mol. The summed E-state index contributed by atoms with van der Waals surface area (Å²) in [4.78, 5) is 12.2. The molecule has 1 saturated carbocycles. The van der Waals surface area contributed by atoms with Crippen molar-refractivity contribution in [1.29, 1.82) is 0 Å². The Morgan fingerprint density at radius 2 is 2.00 bits per heavy atom. The zero-order valence-electron chi connectivity index (χ0n) is 14.1. The minimum Gasteiger partial charge on any atom is -0.495 e. The minimum atomic E-state index is -3.77. The first-order valence-electron chi connectivity index (χ1n) is 8.01. The van der Waals surface area contributed by atoms with Crippen LogP contribution in [0.1, 0.15) is 28.8 Å². The van der Waals surface area contributed by atoms with Crippen LogP contribution < -0.4 is 9.46 Å². The zero-order valence-corrected chi connectivity index (χ0v) is 15.6. The summed E-state index contributed by atoms with van der Waals surface area (Å²) in [5.74, 6) is -0.458. The van der Waals surface area contributed by atoms with E-state index in [0.29, 0.717) is 5.02 Å². The normalized spacial score (nSPS) is 14.1. The van der Waals surface area contributed by atoms with Crippen LogP contribution in [0, 0.1) is 0 Å². The molecule has 8 heteroatoms. The summed E-state index contributed by atoms with van der Waals surface area (Å²) >= 11 is 5.90. The first kappa shape index (κ1) is 18.7. The lowest BCUT2D eigenvalue weighted by Gasteiger charge is -2.12. The second-order valence-electron chi connectivity index (χ2n) is 5.97. The largest absolute Gasteiger partial charge is 0.495 e. The Bertz CT molecular complexity index is 925. The van der Waals surface area contributed by atoms with Crippen molar-refractivity contribution in [2.24, 2.45) is 0 Å². The van der Waals surface area contributed by atoms with Gasteiger partial charge in [0, 0.05) is 11.1 Å². The fourth-order valence-electron chi connectivity index (χ4n) is 2.36. The molecule has 0 bridgehead atoms. The number of sulfonamides is 1. The first-order valence-corrected chi connectivity index (χ1v) is 9.87. The molecule has 1 N–H and O–H groups in total. The monoisotopic (exact) mass is 395 g/mol. The fourth-order valence-corrected chi connectivity index (χ4v) is 4.07. The van der Waals surface area contributed by atoms with Crippen LogP contribution in [-0.4, -0.2) is 27.5 Å². The van der Waals surface area contributed by atoms with Gasteiger partial charge in [0.2, 0.25) is 10.0 Å². The Hall–Kier alpha value is -2.09. The maximum absolute atomic E-state index is 12.5. The molecule has 0 radical (unpaired) electrons. The van der Waals surface area contributed by atoms with Crippen LogP contribution in [0.3, 0.4) is 0 Å². The van der Waals surface area contributed by atoms with E-state index in [-0.39, 0.29) is 28.9 Å². The van der Waals surface area contributed by atoms with Crippen LogP contribution in [0.4, 0.5) is 0 Å². The van der Waals surface area contributed by atoms with Crippen molar-refractivity contribution in [3.63, 3.8) is 0 Å². The third-order valence-corrected chi connectivity index (χ3v) is 5.62. The molecule has 26 heavy (non-hydrogen) atoms. The van der Waals surface area contributed by atoms with Gasteiger partial charge in [-0.15, -0.1) is 0 Å². The highest BCUT2D eigenvalue weighted by Crippen LogP contribution is 2.28. The van der Waals surface area contributed by atoms with Crippen molar-refractivity contribution in [3.8, 4) is 5.75 Å². The standard InChI is InChI=1S/C18H18ClNO5S/c1-24-16-8-5-13(10-17(16)26(22,23)20-15-6-7-15)18(21)25-11-12-3-2-4-14(19)9-12/h2-5,8-10,15,20H,6-7,11H2,1H3. The summed E-state index contributed by atoms with van der Waals surface area (Å²) in [7, 11) is -2.39. The van der Waals surface area contributed by atoms with Gasteiger partial charge in [0.25, 0.3) is 0 Å². The predicted octanol–water partition coefficient (Wildman–Crippen LogP) is 3.15. The smallest absolute Gasteiger partial charge is 0.338 e. The van der Waals surface area contributed by atoms with Crippen molar-refractivity contribution in [1.82, 2.24) is 4.72 Å². The number of ether oxygens (including phenoxy) is 2. The number of halogens is 1. The highest BCUT2D eigenvalue weighted by atomic mass is 35.5. The van der Waals surface area contributed by atoms with Crippen molar-refractivity contribution in [2.75, 3.05) is 7.11 Å². The van der Waals surface area contributed by atoms with Gasteiger partial charge in [-0.2, -0.15) is 0 Å². The van der Waals surface area contributed by atoms with E-state index < -0.39 is 16.0 Å². The molecule has 3 rings (SSSR count). The molecule has 0 spiro atoms. The Labute approximate surface area is 157 Å². The van der Waals surface area contributed by atoms with Crippen molar-refractivity contribution in [2.45, 2.75) is 30.4 Å². The Kier molecular flexibility index (Phi) is 5.50. The van der Waals surface area contributed by atoms with Gasteiger partial charge in [0.05, 0.1) is 12.7 Å². The molecule has 1 fully saturated rings. The lowest BCUT2D eigenvalue weighted by Crippen LogP contribution is -2.26. The number of nitrogens with one attached hydrogen (secondary N) is 1. The number of benzene rings is 2. The van der Waals surface area contributed by atoms with E-state index >= 15 is 0 Å². The van der Waals surface area contributed by atoms with Crippen LogP contribution in [-0.2, 0) is 21.4 Å². The van der Waals surface area contributed by atoms with E-state index in [2.05, 4.69) is 4.72 Å². The van der Waals surface area contributed by atoms with Crippen molar-refractivity contribution >= 4 is 27.6 Å². The third kappa shape index (κ3) is 4.55. The van der Waals surface area contributed by atoms with E-state index in [0.717, 1.165) is 18.4 Å². The summed E-state index contributed by atoms with van der Waals surface area (Å²) in [6, 6.07) is 11.1. The lowest BCUT2D eigenvalue weighted by atomic mass is 10.2. The molecule has 138 valence electrons. The number of hydrogen-bond donors (Lipinski definition) is 1. The molecule has 0 aliphatic heterocycles. The molecule has 0 amide bonds. The summed E-state index contributed by atoms with van der Waals surface area (Å²) in [6.07, 6.45) is 1.62. The lowest BCUT2D eigenvalue weighted by molar-refractivity contribution is 0.0472. The van der Waals surface area contributed by atoms with E-state index in [1.54, 1.807) is 24.3 Å². The van der Waals surface area contributed by atoms with Crippen LogP contribution in [0.15, 0.2) is 47.4 Å². The van der Waals surface area contributed by atoms with E-state index in [4.69, 9.17) is 21.1 Å². The van der Waals surface area contributed by atoms with Gasteiger partial charge in [-0.1, -0.05) is 23.7 Å². The van der Waals surface area contributed by atoms with Gasteiger partial charge in [-0.25, -0.2) is 17.9 Å². The van der Waals surface area contributed by atoms with Gasteiger partial charge in [-0.05, 0) is 48.7 Å². The van der Waals surface area contributed by atoms with Gasteiger partial charge >= 0.3 is 5.97 Å². The van der Waals surface area contributed by atoms with E-state index in [1.807, 2.05) is 0 Å². The summed E-state index contributed by atoms with van der Waals surface area (Å²) in [6.45, 7) is 0.0355. The van der Waals surface area contributed by atoms with E-state index in [9.17, 15) is 13.2 Å². The Morgan fingerprint density at radius 1 is 1.23 bits per heavy atom. The SMILES string of the molecule is COc1ccc(C(=O)OCc2cccc(Cl)c2)cc1S(=O)(=O)NC1CC1. The second-order valence-corrected chi connectivity index (χ2v) is 8.09. The quantitative estimate of drug-likeness (QED) is 0.728. The Balaban J connectivity index is 1.79. The molecule has 1 aliphatic rings. The number of carbonyl (C=O) groups excluding carboxylic acids is 1. The number of carbonyl (C=O) groups is 1. The molecule has 0 atom stereocenters. The average Bonchev–Trinajstić information content (AvgIpc) is 3.42. The summed E-state index contributed by atoms with van der Waals surface area (Å²) < 4.78 is 37.9. The molecule has 2 aromatic rings. The van der Waals surface area contributed by atoms with Crippen molar-refractivity contribution in [3.05, 3.63) is 58.6 Å². The average molecular weight is 396 g/mol. The van der Waals surface area contributed by atoms with Crippen LogP contribution >= 0.6 is 11.6 Å². The molecule has 0 heterocycles. The maximum atomic E-state index is 12.5. The van der Waals surface area contributed by atoms with Gasteiger partial charge in [-0.3, -0.25) is 0 Å². The highest BCUT2D eigenvalue weighted by Gasteiger charge is 2.30. The molecule has 1 aliphatic carbocycles. The molecular formula is C18H18ClNO5S. The first-order chi connectivity index (χ1) is 12.4. The third-order valence-electron chi connectivity index (χ3n) is 3.85. The number of esters is 1. The second kappa shape index (κ2) is 7.65. The predicted molar refractivity (Wildman–Crippen MR) is 96.9 cm³/mol. The highest BCUT2D eigenvalue weighted by molar-refractivity contribution is 7.89. The number of methoxy groups -OCH3 is 1. The van der Waals surface area contributed by atoms with Gasteiger partial charge < -0.3 is 9.47 Å². The summed E-state index contributed by atoms with van der Waals surface area (Å²) in [5.41, 5.74) is 0.867. The van der Waals surface area contributed by atoms with Crippen LogP contribution in [0.5, 0.6) is 5.75 Å². The number of hydrogen-bond acceptors (Lipinski definition) is 5. The fraction of sp³-hybridized carbons (Fsp3) is 0.278. The summed E-state index contributed by atoms with van der Waals surface area (Å²) in [5, 5.41) is 0.544. The molecule has 2 aromatic carbocycles. The van der Waals surface area contributed by atoms with E-state index in [1.165, 1.54) is 25.3 Å². The van der Waals surface area contributed by atoms with Crippen molar-refractivity contribution < 1.29 is 22.7 Å². The molecule has 0 aromatic heterocycles. The molecule has 0 saturated heterocycles. The van der Waals surface area contributed by atoms with Crippen LogP contribution in [0.25, 0.3) is 0 Å². The molecule has 0 unspecified atom stereocenters. The zero-order chi connectivity index (χ0) is 18.7. The number of rotatable bonds is 7. The van der Waals surface area contributed by atoms with Crippen LogP contribution in [0.2, 0.25) is 5.02 Å². The minimum absolute atomic E-state index is 0.0355.